The molecule has 0 amide bonds. The molecule has 2 aromatic rings. The monoisotopic (exact) mass is 273 g/mol. The van der Waals surface area contributed by atoms with E-state index < -0.39 is 0 Å². The van der Waals surface area contributed by atoms with Gasteiger partial charge in [0.25, 0.3) is 0 Å². The van der Waals surface area contributed by atoms with Crippen LogP contribution in [0, 0.1) is 11.8 Å². The smallest absolute Gasteiger partial charge is 0.201 e. The van der Waals surface area contributed by atoms with Crippen molar-refractivity contribution in [3.05, 3.63) is 18.2 Å². The summed E-state index contributed by atoms with van der Waals surface area (Å²) in [4.78, 5) is 4.51. The highest BCUT2D eigenvalue weighted by molar-refractivity contribution is 5.80. The van der Waals surface area contributed by atoms with Gasteiger partial charge in [-0.1, -0.05) is 20.3 Å². The molecule has 20 heavy (non-hydrogen) atoms. The van der Waals surface area contributed by atoms with E-state index in [-0.39, 0.29) is 0 Å². The Morgan fingerprint density at radius 1 is 1.40 bits per heavy atom. The Hall–Kier alpha value is -1.71. The van der Waals surface area contributed by atoms with Gasteiger partial charge in [-0.3, -0.25) is 0 Å². The number of nitrogens with zero attached hydrogens (tertiary/aromatic N) is 2. The number of fused-ring (bicyclic) bond motifs is 1. The molecule has 0 radical (unpaired) electrons. The Kier molecular flexibility index (Phi) is 3.32. The molecule has 1 aliphatic rings. The van der Waals surface area contributed by atoms with Crippen LogP contribution in [0.4, 0.5) is 5.95 Å². The number of rotatable bonds is 3. The first-order valence-electron chi connectivity index (χ1n) is 7.47. The van der Waals surface area contributed by atoms with Crippen LogP contribution in [0.2, 0.25) is 0 Å². The Morgan fingerprint density at radius 3 is 2.85 bits per heavy atom. The largest absolute Gasteiger partial charge is 0.497 e. The van der Waals surface area contributed by atoms with Crippen LogP contribution in [0.3, 0.4) is 0 Å². The quantitative estimate of drug-likeness (QED) is 0.929. The third-order valence-corrected chi connectivity index (χ3v) is 4.96. The molecule has 3 atom stereocenters. The van der Waals surface area contributed by atoms with E-state index in [0.717, 1.165) is 22.7 Å². The molecule has 1 saturated carbocycles. The zero-order valence-electron chi connectivity index (χ0n) is 12.5. The molecule has 1 aromatic heterocycles. The highest BCUT2D eigenvalue weighted by atomic mass is 16.5. The molecule has 0 bridgehead atoms. The number of aromatic nitrogens is 2. The minimum atomic E-state index is 0.471. The average Bonchev–Trinajstić information content (AvgIpc) is 2.96. The lowest BCUT2D eigenvalue weighted by molar-refractivity contribution is 0.336. The normalized spacial score (nSPS) is 26.2. The van der Waals surface area contributed by atoms with Gasteiger partial charge in [-0.15, -0.1) is 0 Å². The van der Waals surface area contributed by atoms with Gasteiger partial charge in [0.2, 0.25) is 5.95 Å². The third kappa shape index (κ3) is 1.94. The summed E-state index contributed by atoms with van der Waals surface area (Å²) in [6, 6.07) is 6.48. The average molecular weight is 273 g/mol. The van der Waals surface area contributed by atoms with Crippen LogP contribution < -0.4 is 10.5 Å². The number of nitrogen functional groups attached to an aromatic ring is 1. The van der Waals surface area contributed by atoms with Crippen molar-refractivity contribution >= 4 is 17.0 Å². The van der Waals surface area contributed by atoms with Gasteiger partial charge >= 0.3 is 0 Å². The minimum absolute atomic E-state index is 0.471. The topological polar surface area (TPSA) is 53.1 Å². The summed E-state index contributed by atoms with van der Waals surface area (Å²) in [5.74, 6) is 2.91. The summed E-state index contributed by atoms with van der Waals surface area (Å²) in [7, 11) is 1.67. The Labute approximate surface area is 119 Å². The van der Waals surface area contributed by atoms with Crippen molar-refractivity contribution in [2.24, 2.45) is 11.8 Å². The molecule has 3 rings (SSSR count). The van der Waals surface area contributed by atoms with E-state index >= 15 is 0 Å². The molecule has 0 spiro atoms. The molecule has 0 aliphatic heterocycles. The lowest BCUT2D eigenvalue weighted by Crippen LogP contribution is -2.17. The fourth-order valence-electron chi connectivity index (χ4n) is 3.74. The number of anilines is 1. The summed E-state index contributed by atoms with van der Waals surface area (Å²) in [5.41, 5.74) is 8.23. The van der Waals surface area contributed by atoms with E-state index in [1.807, 2.05) is 12.1 Å². The number of ether oxygens (including phenoxy) is 1. The molecule has 108 valence electrons. The van der Waals surface area contributed by atoms with Gasteiger partial charge in [0.15, 0.2) is 0 Å². The van der Waals surface area contributed by atoms with Crippen LogP contribution in [0.5, 0.6) is 5.75 Å². The number of hydrogen-bond acceptors (Lipinski definition) is 3. The molecular weight excluding hydrogens is 250 g/mol. The number of imidazole rings is 1. The maximum absolute atomic E-state index is 6.18. The predicted octanol–water partition coefficient (Wildman–Crippen LogP) is 3.62. The Balaban J connectivity index is 2.05. The van der Waals surface area contributed by atoms with E-state index in [4.69, 9.17) is 10.5 Å². The van der Waals surface area contributed by atoms with Crippen LogP contribution in [-0.2, 0) is 0 Å². The molecule has 1 aromatic carbocycles. The van der Waals surface area contributed by atoms with Gasteiger partial charge in [-0.25, -0.2) is 4.98 Å². The summed E-state index contributed by atoms with van der Waals surface area (Å²) in [6.07, 6.45) is 3.73. The predicted molar refractivity (Wildman–Crippen MR) is 81.9 cm³/mol. The van der Waals surface area contributed by atoms with E-state index in [2.05, 4.69) is 29.5 Å². The van der Waals surface area contributed by atoms with Crippen molar-refractivity contribution in [2.45, 2.75) is 39.2 Å². The standard InChI is InChI=1S/C16H23N3O/c1-4-11-5-7-14(10(11)2)19-15-8-6-12(20-3)9-13(15)18-16(19)17/h6,8-11,14H,4-5,7H2,1-3H3,(H2,17,18). The first kappa shape index (κ1) is 13.3. The lowest BCUT2D eigenvalue weighted by atomic mass is 9.93. The Bertz CT molecular complexity index is 619. The van der Waals surface area contributed by atoms with Gasteiger partial charge in [-0.05, 0) is 36.8 Å². The van der Waals surface area contributed by atoms with E-state index in [9.17, 15) is 0 Å². The molecule has 4 heteroatoms. The van der Waals surface area contributed by atoms with E-state index in [1.165, 1.54) is 19.3 Å². The Morgan fingerprint density at radius 2 is 2.20 bits per heavy atom. The summed E-state index contributed by atoms with van der Waals surface area (Å²) >= 11 is 0. The van der Waals surface area contributed by atoms with Gasteiger partial charge in [-0.2, -0.15) is 0 Å². The maximum Gasteiger partial charge on any atom is 0.201 e. The van der Waals surface area contributed by atoms with Crippen LogP contribution in [-0.4, -0.2) is 16.7 Å². The highest BCUT2D eigenvalue weighted by Crippen LogP contribution is 2.44. The van der Waals surface area contributed by atoms with Crippen molar-refractivity contribution in [3.8, 4) is 5.75 Å². The summed E-state index contributed by atoms with van der Waals surface area (Å²) in [6.45, 7) is 4.63. The second kappa shape index (κ2) is 5.00. The lowest BCUT2D eigenvalue weighted by Gasteiger charge is -2.22. The van der Waals surface area contributed by atoms with Crippen molar-refractivity contribution in [1.29, 1.82) is 0 Å². The van der Waals surface area contributed by atoms with Crippen molar-refractivity contribution < 1.29 is 4.74 Å². The van der Waals surface area contributed by atoms with Gasteiger partial charge in [0.1, 0.15) is 5.75 Å². The van der Waals surface area contributed by atoms with Gasteiger partial charge < -0.3 is 15.0 Å². The fraction of sp³-hybridized carbons (Fsp3) is 0.562. The van der Waals surface area contributed by atoms with Crippen LogP contribution in [0.25, 0.3) is 11.0 Å². The van der Waals surface area contributed by atoms with Crippen molar-refractivity contribution in [3.63, 3.8) is 0 Å². The van der Waals surface area contributed by atoms with Crippen LogP contribution in [0.1, 0.15) is 39.2 Å². The van der Waals surface area contributed by atoms with E-state index in [1.54, 1.807) is 7.11 Å². The molecule has 0 saturated heterocycles. The third-order valence-electron chi connectivity index (χ3n) is 4.96. The van der Waals surface area contributed by atoms with Crippen LogP contribution >= 0.6 is 0 Å². The minimum Gasteiger partial charge on any atom is -0.497 e. The number of benzene rings is 1. The second-order valence-corrected chi connectivity index (χ2v) is 5.87. The molecule has 1 fully saturated rings. The highest BCUT2D eigenvalue weighted by Gasteiger charge is 2.34. The fourth-order valence-corrected chi connectivity index (χ4v) is 3.74. The molecule has 4 nitrogen and oxygen atoms in total. The number of methoxy groups -OCH3 is 1. The SMILES string of the molecule is CCC1CCC(n2c(N)nc3cc(OC)ccc32)C1C. The van der Waals surface area contributed by atoms with Gasteiger partial charge in [0, 0.05) is 12.1 Å². The number of hydrogen-bond donors (Lipinski definition) is 1. The molecule has 1 aliphatic carbocycles. The molecule has 3 unspecified atom stereocenters. The zero-order valence-corrected chi connectivity index (χ0v) is 12.5. The van der Waals surface area contributed by atoms with Crippen molar-refractivity contribution in [1.82, 2.24) is 9.55 Å². The van der Waals surface area contributed by atoms with E-state index in [0.29, 0.717) is 17.9 Å². The molecule has 1 heterocycles. The zero-order chi connectivity index (χ0) is 14.3. The number of nitrogens with two attached hydrogens (primary N) is 1. The molecular formula is C16H23N3O. The first-order chi connectivity index (χ1) is 9.65. The maximum atomic E-state index is 6.18. The molecule has 2 N–H and O–H groups in total. The second-order valence-electron chi connectivity index (χ2n) is 5.87. The van der Waals surface area contributed by atoms with Crippen LogP contribution in [0.15, 0.2) is 18.2 Å². The first-order valence-corrected chi connectivity index (χ1v) is 7.47. The summed E-state index contributed by atoms with van der Waals surface area (Å²) < 4.78 is 7.49. The van der Waals surface area contributed by atoms with Gasteiger partial charge in [0.05, 0.1) is 18.1 Å². The van der Waals surface area contributed by atoms with Crippen molar-refractivity contribution in [2.75, 3.05) is 12.8 Å². The summed E-state index contributed by atoms with van der Waals surface area (Å²) in [5, 5.41) is 0.